The summed E-state index contributed by atoms with van der Waals surface area (Å²) >= 11 is 1.94. The zero-order valence-corrected chi connectivity index (χ0v) is 11.2. The zero-order valence-electron chi connectivity index (χ0n) is 10.4. The number of rotatable bonds is 3. The third-order valence-electron chi connectivity index (χ3n) is 3.41. The summed E-state index contributed by atoms with van der Waals surface area (Å²) in [6.45, 7) is 6.26. The molecule has 1 saturated heterocycles. The van der Waals surface area contributed by atoms with Crippen LogP contribution in [0.25, 0.3) is 0 Å². The SMILES string of the molecule is CNC(c1sc(C)cc1C)C1CCOCC1. The molecule has 1 aliphatic heterocycles. The monoisotopic (exact) mass is 239 g/mol. The van der Waals surface area contributed by atoms with Crippen LogP contribution in [0.15, 0.2) is 6.07 Å². The third-order valence-corrected chi connectivity index (χ3v) is 4.65. The molecule has 1 unspecified atom stereocenters. The van der Waals surface area contributed by atoms with Crippen LogP contribution in [0.2, 0.25) is 0 Å². The van der Waals surface area contributed by atoms with E-state index < -0.39 is 0 Å². The minimum Gasteiger partial charge on any atom is -0.381 e. The lowest BCUT2D eigenvalue weighted by Crippen LogP contribution is -2.29. The summed E-state index contributed by atoms with van der Waals surface area (Å²) in [5.74, 6) is 0.732. The molecule has 1 N–H and O–H groups in total. The largest absolute Gasteiger partial charge is 0.381 e. The Morgan fingerprint density at radius 3 is 2.56 bits per heavy atom. The molecule has 2 rings (SSSR count). The highest BCUT2D eigenvalue weighted by molar-refractivity contribution is 7.12. The van der Waals surface area contributed by atoms with Crippen LogP contribution in [0.3, 0.4) is 0 Å². The molecule has 0 radical (unpaired) electrons. The molecule has 0 aliphatic carbocycles. The average molecular weight is 239 g/mol. The van der Waals surface area contributed by atoms with Crippen molar-refractivity contribution >= 4 is 11.3 Å². The van der Waals surface area contributed by atoms with Crippen LogP contribution in [-0.4, -0.2) is 20.3 Å². The quantitative estimate of drug-likeness (QED) is 0.875. The summed E-state index contributed by atoms with van der Waals surface area (Å²) in [7, 11) is 2.08. The van der Waals surface area contributed by atoms with Gasteiger partial charge >= 0.3 is 0 Å². The van der Waals surface area contributed by atoms with Crippen molar-refractivity contribution < 1.29 is 4.74 Å². The molecule has 2 heterocycles. The molecule has 0 aromatic carbocycles. The number of thiophene rings is 1. The highest BCUT2D eigenvalue weighted by Gasteiger charge is 2.26. The molecule has 1 fully saturated rings. The molecule has 1 aromatic rings. The van der Waals surface area contributed by atoms with Gasteiger partial charge in [0.15, 0.2) is 0 Å². The Labute approximate surface area is 102 Å². The molecule has 16 heavy (non-hydrogen) atoms. The lowest BCUT2D eigenvalue weighted by molar-refractivity contribution is 0.0550. The fourth-order valence-electron chi connectivity index (χ4n) is 2.60. The second-order valence-electron chi connectivity index (χ2n) is 4.62. The number of ether oxygens (including phenoxy) is 1. The van der Waals surface area contributed by atoms with Crippen molar-refractivity contribution in [2.75, 3.05) is 20.3 Å². The summed E-state index contributed by atoms with van der Waals surface area (Å²) in [6, 6.07) is 2.81. The Morgan fingerprint density at radius 1 is 1.38 bits per heavy atom. The Bertz CT molecular complexity index is 342. The molecule has 3 heteroatoms. The van der Waals surface area contributed by atoms with E-state index in [0.29, 0.717) is 6.04 Å². The van der Waals surface area contributed by atoms with Crippen LogP contribution < -0.4 is 5.32 Å². The van der Waals surface area contributed by atoms with Crippen molar-refractivity contribution in [2.45, 2.75) is 32.7 Å². The lowest BCUT2D eigenvalue weighted by atomic mass is 9.90. The second-order valence-corrected chi connectivity index (χ2v) is 5.91. The molecule has 0 saturated carbocycles. The minimum absolute atomic E-state index is 0.516. The normalized spacial score (nSPS) is 19.9. The van der Waals surface area contributed by atoms with Crippen molar-refractivity contribution in [3.8, 4) is 0 Å². The van der Waals surface area contributed by atoms with Gasteiger partial charge in [-0.2, -0.15) is 0 Å². The maximum atomic E-state index is 5.44. The molecule has 1 aliphatic rings. The third kappa shape index (κ3) is 2.47. The van der Waals surface area contributed by atoms with Crippen molar-refractivity contribution in [1.82, 2.24) is 5.32 Å². The molecular weight excluding hydrogens is 218 g/mol. The second kappa shape index (κ2) is 5.30. The fraction of sp³-hybridized carbons (Fsp3) is 0.692. The highest BCUT2D eigenvalue weighted by Crippen LogP contribution is 2.35. The first-order chi connectivity index (χ1) is 7.72. The minimum atomic E-state index is 0.516. The van der Waals surface area contributed by atoms with E-state index >= 15 is 0 Å². The lowest BCUT2D eigenvalue weighted by Gasteiger charge is -2.30. The zero-order chi connectivity index (χ0) is 11.5. The van der Waals surface area contributed by atoms with Gasteiger partial charge in [0.1, 0.15) is 0 Å². The van der Waals surface area contributed by atoms with E-state index in [9.17, 15) is 0 Å². The van der Waals surface area contributed by atoms with E-state index in [4.69, 9.17) is 4.74 Å². The van der Waals surface area contributed by atoms with Gasteiger partial charge in [0.05, 0.1) is 0 Å². The first-order valence-corrected chi connectivity index (χ1v) is 6.86. The van der Waals surface area contributed by atoms with E-state index in [2.05, 4.69) is 32.3 Å². The van der Waals surface area contributed by atoms with Gasteiger partial charge in [0, 0.05) is 29.0 Å². The Hall–Kier alpha value is -0.380. The van der Waals surface area contributed by atoms with E-state index in [0.717, 1.165) is 19.1 Å². The van der Waals surface area contributed by atoms with Crippen molar-refractivity contribution in [3.63, 3.8) is 0 Å². The van der Waals surface area contributed by atoms with Gasteiger partial charge < -0.3 is 10.1 Å². The number of aryl methyl sites for hydroxylation is 2. The maximum Gasteiger partial charge on any atom is 0.0469 e. The Kier molecular flexibility index (Phi) is 4.00. The highest BCUT2D eigenvalue weighted by atomic mass is 32.1. The summed E-state index contributed by atoms with van der Waals surface area (Å²) in [4.78, 5) is 2.94. The molecule has 1 aromatic heterocycles. The van der Waals surface area contributed by atoms with Crippen LogP contribution in [0.1, 0.15) is 34.2 Å². The predicted octanol–water partition coefficient (Wildman–Crippen LogP) is 3.05. The van der Waals surface area contributed by atoms with Gasteiger partial charge in [-0.3, -0.25) is 0 Å². The predicted molar refractivity (Wildman–Crippen MR) is 69.1 cm³/mol. The van der Waals surface area contributed by atoms with Crippen molar-refractivity contribution in [2.24, 2.45) is 5.92 Å². The molecular formula is C13H21NOS. The molecule has 2 nitrogen and oxygen atoms in total. The molecule has 0 amide bonds. The summed E-state index contributed by atoms with van der Waals surface area (Å²) in [5, 5.41) is 3.50. The van der Waals surface area contributed by atoms with Crippen molar-refractivity contribution in [1.29, 1.82) is 0 Å². The van der Waals surface area contributed by atoms with E-state index in [-0.39, 0.29) is 0 Å². The van der Waals surface area contributed by atoms with Crippen LogP contribution in [-0.2, 0) is 4.74 Å². The van der Waals surface area contributed by atoms with Crippen LogP contribution in [0, 0.1) is 19.8 Å². The van der Waals surface area contributed by atoms with Crippen LogP contribution in [0.5, 0.6) is 0 Å². The van der Waals surface area contributed by atoms with E-state index in [1.54, 1.807) is 0 Å². The van der Waals surface area contributed by atoms with Crippen molar-refractivity contribution in [3.05, 3.63) is 21.4 Å². The number of hydrogen-bond acceptors (Lipinski definition) is 3. The smallest absolute Gasteiger partial charge is 0.0469 e. The first kappa shape index (κ1) is 12.1. The first-order valence-electron chi connectivity index (χ1n) is 6.04. The Balaban J connectivity index is 2.17. The topological polar surface area (TPSA) is 21.3 Å². The van der Waals surface area contributed by atoms with Gasteiger partial charge in [-0.15, -0.1) is 11.3 Å². The molecule has 90 valence electrons. The number of nitrogens with one attached hydrogen (secondary N) is 1. The van der Waals surface area contributed by atoms with Gasteiger partial charge in [-0.05, 0) is 51.3 Å². The molecule has 0 spiro atoms. The van der Waals surface area contributed by atoms with Gasteiger partial charge in [0.2, 0.25) is 0 Å². The molecule has 0 bridgehead atoms. The number of hydrogen-bond donors (Lipinski definition) is 1. The molecule has 1 atom stereocenters. The maximum absolute atomic E-state index is 5.44. The average Bonchev–Trinajstić information content (AvgIpc) is 2.61. The van der Waals surface area contributed by atoms with Gasteiger partial charge in [0.25, 0.3) is 0 Å². The Morgan fingerprint density at radius 2 is 2.06 bits per heavy atom. The van der Waals surface area contributed by atoms with Gasteiger partial charge in [-0.25, -0.2) is 0 Å². The summed E-state index contributed by atoms with van der Waals surface area (Å²) < 4.78 is 5.44. The standard InChI is InChI=1S/C13H21NOS/c1-9-8-10(2)16-13(9)12(14-3)11-4-6-15-7-5-11/h8,11-12,14H,4-7H2,1-3H3. The summed E-state index contributed by atoms with van der Waals surface area (Å²) in [5.41, 5.74) is 1.44. The van der Waals surface area contributed by atoms with E-state index in [1.165, 1.54) is 28.2 Å². The van der Waals surface area contributed by atoms with Crippen LogP contribution >= 0.6 is 11.3 Å². The van der Waals surface area contributed by atoms with E-state index in [1.807, 2.05) is 11.3 Å². The fourth-order valence-corrected chi connectivity index (χ4v) is 3.84. The summed E-state index contributed by atoms with van der Waals surface area (Å²) in [6.07, 6.45) is 2.36. The van der Waals surface area contributed by atoms with Crippen LogP contribution in [0.4, 0.5) is 0 Å². The van der Waals surface area contributed by atoms with Gasteiger partial charge in [-0.1, -0.05) is 0 Å².